The van der Waals surface area contributed by atoms with E-state index in [0.29, 0.717) is 12.3 Å². The van der Waals surface area contributed by atoms with Gasteiger partial charge in [0.1, 0.15) is 11.6 Å². The molecule has 132 valence electrons. The number of nitrogens with one attached hydrogen (secondary N) is 1. The zero-order valence-corrected chi connectivity index (χ0v) is 14.0. The zero-order valence-electron chi connectivity index (χ0n) is 14.0. The van der Waals surface area contributed by atoms with Gasteiger partial charge in [-0.2, -0.15) is 5.10 Å². The summed E-state index contributed by atoms with van der Waals surface area (Å²) in [6, 6.07) is 7.11. The van der Waals surface area contributed by atoms with Gasteiger partial charge in [-0.15, -0.1) is 0 Å². The lowest BCUT2D eigenvalue weighted by molar-refractivity contribution is -0.127. The van der Waals surface area contributed by atoms with Crippen LogP contribution in [0, 0.1) is 5.82 Å². The van der Waals surface area contributed by atoms with Crippen molar-refractivity contribution in [3.63, 3.8) is 0 Å². The van der Waals surface area contributed by atoms with Crippen LogP contribution in [-0.2, 0) is 24.2 Å². The van der Waals surface area contributed by atoms with E-state index in [1.165, 1.54) is 28.9 Å². The predicted molar refractivity (Wildman–Crippen MR) is 90.0 cm³/mol. The van der Waals surface area contributed by atoms with E-state index in [1.54, 1.807) is 13.0 Å². The minimum atomic E-state index is -0.727. The zero-order chi connectivity index (χ0) is 17.8. The predicted octanol–water partition coefficient (Wildman–Crippen LogP) is 1.45. The summed E-state index contributed by atoms with van der Waals surface area (Å²) in [5, 5.41) is 7.08. The first-order valence-electron chi connectivity index (χ1n) is 8.33. The van der Waals surface area contributed by atoms with Crippen LogP contribution in [0.25, 0.3) is 0 Å². The summed E-state index contributed by atoms with van der Waals surface area (Å²) >= 11 is 0. The number of halogens is 1. The molecule has 0 fully saturated rings. The number of carbonyl (C=O) groups is 1. The molecule has 1 aromatic heterocycles. The molecule has 1 N–H and O–H groups in total. The highest BCUT2D eigenvalue weighted by Crippen LogP contribution is 2.16. The van der Waals surface area contributed by atoms with Crippen molar-refractivity contribution in [2.24, 2.45) is 0 Å². The average Bonchev–Trinajstić information content (AvgIpc) is 3.04. The molecule has 0 saturated heterocycles. The van der Waals surface area contributed by atoms with Crippen molar-refractivity contribution in [1.29, 1.82) is 0 Å². The third-order valence-electron chi connectivity index (χ3n) is 4.14. The second kappa shape index (κ2) is 7.46. The Morgan fingerprint density at radius 2 is 2.12 bits per heavy atom. The molecule has 1 aliphatic rings. The quantitative estimate of drug-likeness (QED) is 0.860. The van der Waals surface area contributed by atoms with Gasteiger partial charge in [0.05, 0.1) is 12.2 Å². The number of hydrogen-bond donors (Lipinski definition) is 1. The van der Waals surface area contributed by atoms with E-state index in [9.17, 15) is 14.0 Å². The lowest BCUT2D eigenvalue weighted by Crippen LogP contribution is -2.39. The van der Waals surface area contributed by atoms with Crippen molar-refractivity contribution >= 4 is 5.91 Å². The molecule has 1 aromatic carbocycles. The van der Waals surface area contributed by atoms with Crippen molar-refractivity contribution in [3.8, 4) is 5.75 Å². The maximum absolute atomic E-state index is 12.9. The first-order valence-corrected chi connectivity index (χ1v) is 8.33. The van der Waals surface area contributed by atoms with Crippen molar-refractivity contribution in [2.45, 2.75) is 38.8 Å². The number of fused-ring (bicyclic) bond motifs is 1. The lowest BCUT2D eigenvalue weighted by atomic mass is 10.2. The van der Waals surface area contributed by atoms with Gasteiger partial charge in [0.25, 0.3) is 11.5 Å². The normalized spacial score (nSPS) is 14.0. The summed E-state index contributed by atoms with van der Waals surface area (Å²) < 4.78 is 19.7. The number of ether oxygens (including phenoxy) is 1. The number of nitrogens with zero attached hydrogens (tertiary/aromatic N) is 2. The molecule has 6 nitrogen and oxygen atoms in total. The van der Waals surface area contributed by atoms with Crippen molar-refractivity contribution in [3.05, 3.63) is 57.8 Å². The molecular formula is C18H20FN3O3. The van der Waals surface area contributed by atoms with Crippen LogP contribution in [0.5, 0.6) is 5.75 Å². The first kappa shape index (κ1) is 17.1. The molecule has 1 amide bonds. The second-order valence-corrected chi connectivity index (χ2v) is 6.04. The van der Waals surface area contributed by atoms with Crippen LogP contribution in [0.2, 0.25) is 0 Å². The fraction of sp³-hybridized carbons (Fsp3) is 0.389. The summed E-state index contributed by atoms with van der Waals surface area (Å²) in [5.74, 6) is -0.254. The molecule has 3 rings (SSSR count). The molecule has 0 radical (unpaired) electrons. The minimum Gasteiger partial charge on any atom is -0.481 e. The average molecular weight is 345 g/mol. The minimum absolute atomic E-state index is 0.148. The van der Waals surface area contributed by atoms with Gasteiger partial charge in [0, 0.05) is 12.6 Å². The van der Waals surface area contributed by atoms with Gasteiger partial charge >= 0.3 is 0 Å². The van der Waals surface area contributed by atoms with Crippen LogP contribution < -0.4 is 15.6 Å². The number of carbonyl (C=O) groups excluding carboxylic acids is 1. The van der Waals surface area contributed by atoms with Crippen molar-refractivity contribution in [2.75, 3.05) is 6.54 Å². The van der Waals surface area contributed by atoms with E-state index in [0.717, 1.165) is 30.5 Å². The molecular weight excluding hydrogens is 325 g/mol. The van der Waals surface area contributed by atoms with Gasteiger partial charge < -0.3 is 10.1 Å². The lowest BCUT2D eigenvalue weighted by Gasteiger charge is -2.15. The monoisotopic (exact) mass is 345 g/mol. The molecule has 2 aromatic rings. The van der Waals surface area contributed by atoms with Gasteiger partial charge in [-0.3, -0.25) is 9.59 Å². The van der Waals surface area contributed by atoms with E-state index in [2.05, 4.69) is 10.4 Å². The number of rotatable bonds is 6. The molecule has 1 unspecified atom stereocenters. The fourth-order valence-electron chi connectivity index (χ4n) is 2.80. The van der Waals surface area contributed by atoms with Gasteiger partial charge in [-0.25, -0.2) is 9.07 Å². The van der Waals surface area contributed by atoms with Gasteiger partial charge in [-0.05, 0) is 56.0 Å². The molecule has 1 atom stereocenters. The number of benzene rings is 1. The maximum atomic E-state index is 12.9. The summed E-state index contributed by atoms with van der Waals surface area (Å²) in [6.07, 6.45) is 2.11. The number of hydrogen-bond acceptors (Lipinski definition) is 4. The Hall–Kier alpha value is -2.70. The van der Waals surface area contributed by atoms with Crippen LogP contribution in [0.15, 0.2) is 35.1 Å². The highest BCUT2D eigenvalue weighted by molar-refractivity contribution is 5.80. The van der Waals surface area contributed by atoms with E-state index in [1.807, 2.05) is 0 Å². The van der Waals surface area contributed by atoms with Crippen LogP contribution >= 0.6 is 0 Å². The third kappa shape index (κ3) is 4.23. The van der Waals surface area contributed by atoms with Crippen molar-refractivity contribution in [1.82, 2.24) is 15.1 Å². The van der Waals surface area contributed by atoms with Crippen LogP contribution in [-0.4, -0.2) is 28.3 Å². The van der Waals surface area contributed by atoms with Crippen LogP contribution in [0.3, 0.4) is 0 Å². The Bertz CT molecular complexity index is 817. The SMILES string of the molecule is CC(Oc1ccc(F)cc1)C(=O)NCCn1nc2c(cc1=O)CCC2. The highest BCUT2D eigenvalue weighted by Gasteiger charge is 2.16. The highest BCUT2D eigenvalue weighted by atomic mass is 19.1. The molecule has 7 heteroatoms. The topological polar surface area (TPSA) is 73.2 Å². The maximum Gasteiger partial charge on any atom is 0.267 e. The fourth-order valence-corrected chi connectivity index (χ4v) is 2.80. The number of aryl methyl sites for hydroxylation is 2. The van der Waals surface area contributed by atoms with Crippen LogP contribution in [0.4, 0.5) is 4.39 Å². The smallest absolute Gasteiger partial charge is 0.267 e. The summed E-state index contributed by atoms with van der Waals surface area (Å²) in [7, 11) is 0. The largest absolute Gasteiger partial charge is 0.481 e. The number of amides is 1. The number of aromatic nitrogens is 2. The summed E-state index contributed by atoms with van der Waals surface area (Å²) in [6.45, 7) is 2.20. The Morgan fingerprint density at radius 1 is 1.36 bits per heavy atom. The second-order valence-electron chi connectivity index (χ2n) is 6.04. The Labute approximate surface area is 144 Å². The molecule has 25 heavy (non-hydrogen) atoms. The molecule has 1 heterocycles. The Balaban J connectivity index is 1.50. The molecule has 1 aliphatic carbocycles. The third-order valence-corrected chi connectivity index (χ3v) is 4.14. The first-order chi connectivity index (χ1) is 12.0. The molecule has 0 spiro atoms. The van der Waals surface area contributed by atoms with Crippen LogP contribution in [0.1, 0.15) is 24.6 Å². The molecule has 0 aliphatic heterocycles. The summed E-state index contributed by atoms with van der Waals surface area (Å²) in [4.78, 5) is 24.0. The van der Waals surface area contributed by atoms with E-state index in [4.69, 9.17) is 4.74 Å². The van der Waals surface area contributed by atoms with E-state index >= 15 is 0 Å². The summed E-state index contributed by atoms with van der Waals surface area (Å²) in [5.41, 5.74) is 1.86. The van der Waals surface area contributed by atoms with Gasteiger partial charge in [0.15, 0.2) is 6.10 Å². The van der Waals surface area contributed by atoms with E-state index in [-0.39, 0.29) is 23.8 Å². The van der Waals surface area contributed by atoms with Crippen molar-refractivity contribution < 1.29 is 13.9 Å². The Kier molecular flexibility index (Phi) is 5.11. The standard InChI is InChI=1S/C18H20FN3O3/c1-12(25-15-7-5-14(19)6-8-15)18(24)20-9-10-22-17(23)11-13-3-2-4-16(13)21-22/h5-8,11-12H,2-4,9-10H2,1H3,(H,20,24). The Morgan fingerprint density at radius 3 is 2.88 bits per heavy atom. The molecule has 0 saturated carbocycles. The van der Waals surface area contributed by atoms with Gasteiger partial charge in [0.2, 0.25) is 0 Å². The van der Waals surface area contributed by atoms with E-state index < -0.39 is 6.10 Å². The van der Waals surface area contributed by atoms with Gasteiger partial charge in [-0.1, -0.05) is 0 Å². The molecule has 0 bridgehead atoms.